The van der Waals surface area contributed by atoms with Crippen LogP contribution in [0.25, 0.3) is 0 Å². The number of nitrogens with one attached hydrogen (secondary N) is 1. The lowest BCUT2D eigenvalue weighted by molar-refractivity contribution is 1.39. The van der Waals surface area contributed by atoms with E-state index in [2.05, 4.69) is 11.4 Å². The molecule has 1 N–H and O–H groups in total. The van der Waals surface area contributed by atoms with E-state index in [1.54, 1.807) is 24.3 Å². The number of nitrogens with zero attached hydrogens (tertiary/aromatic N) is 1. The molecule has 0 saturated carbocycles. The van der Waals surface area contributed by atoms with Crippen LogP contribution in [0.5, 0.6) is 0 Å². The first-order valence-electron chi connectivity index (χ1n) is 5.34. The zero-order valence-electron chi connectivity index (χ0n) is 9.67. The first-order valence-corrected chi connectivity index (χ1v) is 6.10. The first kappa shape index (κ1) is 12.8. The van der Waals surface area contributed by atoms with E-state index in [-0.39, 0.29) is 0 Å². The Morgan fingerprint density at radius 1 is 1.00 bits per heavy atom. The number of para-hydroxylation sites is 2. The molecule has 90 valence electrons. The Morgan fingerprint density at radius 2 is 1.61 bits per heavy atom. The number of hydrogen-bond acceptors (Lipinski definition) is 2. The monoisotopic (exact) mass is 276 g/mol. The second kappa shape index (κ2) is 5.30. The van der Waals surface area contributed by atoms with E-state index in [4.69, 9.17) is 28.5 Å². The molecule has 0 unspecified atom stereocenters. The molecule has 0 aliphatic heterocycles. The lowest BCUT2D eigenvalue weighted by atomic mass is 10.1. The molecule has 2 aromatic carbocycles. The van der Waals surface area contributed by atoms with Gasteiger partial charge in [-0.1, -0.05) is 41.4 Å². The van der Waals surface area contributed by atoms with Crippen molar-refractivity contribution in [1.82, 2.24) is 0 Å². The second-order valence-electron chi connectivity index (χ2n) is 3.83. The molecule has 0 heterocycles. The number of anilines is 2. The predicted molar refractivity (Wildman–Crippen MR) is 75.6 cm³/mol. The van der Waals surface area contributed by atoms with Crippen molar-refractivity contribution in [1.29, 1.82) is 5.26 Å². The number of aryl methyl sites for hydroxylation is 1. The molecule has 0 bridgehead atoms. The van der Waals surface area contributed by atoms with Gasteiger partial charge in [0, 0.05) is 0 Å². The van der Waals surface area contributed by atoms with Crippen LogP contribution in [-0.4, -0.2) is 0 Å². The Morgan fingerprint density at radius 3 is 2.22 bits per heavy atom. The molecule has 2 aromatic rings. The molecule has 0 radical (unpaired) electrons. The van der Waals surface area contributed by atoms with Crippen molar-refractivity contribution < 1.29 is 0 Å². The van der Waals surface area contributed by atoms with Gasteiger partial charge in [0.15, 0.2) is 0 Å². The molecule has 0 atom stereocenters. The van der Waals surface area contributed by atoms with E-state index in [1.807, 2.05) is 19.1 Å². The predicted octanol–water partition coefficient (Wildman–Crippen LogP) is 4.92. The second-order valence-corrected chi connectivity index (χ2v) is 4.65. The smallest absolute Gasteiger partial charge is 0.101 e. The zero-order chi connectivity index (χ0) is 13.1. The van der Waals surface area contributed by atoms with Gasteiger partial charge < -0.3 is 5.32 Å². The number of nitriles is 1. The summed E-state index contributed by atoms with van der Waals surface area (Å²) in [6.45, 7) is 1.92. The SMILES string of the molecule is Cc1cccc(C#N)c1Nc1c(Cl)cccc1Cl. The van der Waals surface area contributed by atoms with E-state index in [0.29, 0.717) is 21.3 Å². The molecule has 0 aromatic heterocycles. The van der Waals surface area contributed by atoms with Crippen LogP contribution in [0.1, 0.15) is 11.1 Å². The number of halogens is 2. The van der Waals surface area contributed by atoms with Gasteiger partial charge in [-0.25, -0.2) is 0 Å². The van der Waals surface area contributed by atoms with Crippen LogP contribution in [0.2, 0.25) is 10.0 Å². The normalized spacial score (nSPS) is 9.89. The van der Waals surface area contributed by atoms with Crippen LogP contribution in [0.4, 0.5) is 11.4 Å². The van der Waals surface area contributed by atoms with Gasteiger partial charge in [-0.3, -0.25) is 0 Å². The Balaban J connectivity index is 2.50. The van der Waals surface area contributed by atoms with E-state index in [0.717, 1.165) is 11.3 Å². The maximum absolute atomic E-state index is 9.10. The van der Waals surface area contributed by atoms with Gasteiger partial charge >= 0.3 is 0 Å². The average Bonchev–Trinajstić information content (AvgIpc) is 2.35. The molecular weight excluding hydrogens is 267 g/mol. The summed E-state index contributed by atoms with van der Waals surface area (Å²) in [7, 11) is 0. The largest absolute Gasteiger partial charge is 0.352 e. The highest BCUT2D eigenvalue weighted by molar-refractivity contribution is 6.39. The summed E-state index contributed by atoms with van der Waals surface area (Å²) in [6, 6.07) is 12.9. The highest BCUT2D eigenvalue weighted by atomic mass is 35.5. The van der Waals surface area contributed by atoms with Gasteiger partial charge in [-0.05, 0) is 30.7 Å². The fourth-order valence-electron chi connectivity index (χ4n) is 1.67. The quantitative estimate of drug-likeness (QED) is 0.845. The van der Waals surface area contributed by atoms with Crippen LogP contribution in [0.15, 0.2) is 36.4 Å². The van der Waals surface area contributed by atoms with Crippen molar-refractivity contribution >= 4 is 34.6 Å². The lowest BCUT2D eigenvalue weighted by Gasteiger charge is -2.13. The molecule has 0 amide bonds. The summed E-state index contributed by atoms with van der Waals surface area (Å²) in [6.07, 6.45) is 0. The fraction of sp³-hybridized carbons (Fsp3) is 0.0714. The van der Waals surface area contributed by atoms with Gasteiger partial charge in [0.25, 0.3) is 0 Å². The minimum absolute atomic E-state index is 0.523. The molecular formula is C14H10Cl2N2. The maximum atomic E-state index is 9.10. The Bertz CT molecular complexity index is 610. The summed E-state index contributed by atoms with van der Waals surface area (Å²) in [5.41, 5.74) is 2.87. The summed E-state index contributed by atoms with van der Waals surface area (Å²) in [5.74, 6) is 0. The minimum atomic E-state index is 0.523. The molecule has 4 heteroatoms. The van der Waals surface area contributed by atoms with Crippen LogP contribution in [-0.2, 0) is 0 Å². The van der Waals surface area contributed by atoms with Crippen LogP contribution < -0.4 is 5.32 Å². The first-order chi connectivity index (χ1) is 8.63. The topological polar surface area (TPSA) is 35.8 Å². The van der Waals surface area contributed by atoms with E-state index >= 15 is 0 Å². The highest BCUT2D eigenvalue weighted by Gasteiger charge is 2.10. The summed E-state index contributed by atoms with van der Waals surface area (Å²) in [4.78, 5) is 0. The van der Waals surface area contributed by atoms with Crippen LogP contribution >= 0.6 is 23.2 Å². The van der Waals surface area contributed by atoms with Crippen LogP contribution in [0.3, 0.4) is 0 Å². The van der Waals surface area contributed by atoms with Gasteiger partial charge in [-0.15, -0.1) is 0 Å². The zero-order valence-corrected chi connectivity index (χ0v) is 11.2. The number of hydrogen-bond donors (Lipinski definition) is 1. The minimum Gasteiger partial charge on any atom is -0.352 e. The third-order valence-corrected chi connectivity index (χ3v) is 3.24. The Labute approximate surface area is 116 Å². The third-order valence-electron chi connectivity index (χ3n) is 2.61. The standard InChI is InChI=1S/C14H10Cl2N2/c1-9-4-2-5-10(8-17)13(9)18-14-11(15)6-3-7-12(14)16/h2-7,18H,1H3. The van der Waals surface area contributed by atoms with Crippen molar-refractivity contribution in [2.75, 3.05) is 5.32 Å². The molecule has 0 aliphatic rings. The van der Waals surface area contributed by atoms with Crippen molar-refractivity contribution in [2.24, 2.45) is 0 Å². The van der Waals surface area contributed by atoms with Gasteiger partial charge in [0.1, 0.15) is 6.07 Å². The maximum Gasteiger partial charge on any atom is 0.101 e. The van der Waals surface area contributed by atoms with Gasteiger partial charge in [0.2, 0.25) is 0 Å². The van der Waals surface area contributed by atoms with Crippen molar-refractivity contribution in [3.05, 3.63) is 57.6 Å². The van der Waals surface area contributed by atoms with Crippen molar-refractivity contribution in [3.63, 3.8) is 0 Å². The summed E-state index contributed by atoms with van der Waals surface area (Å²) >= 11 is 12.2. The average molecular weight is 277 g/mol. The molecule has 0 aliphatic carbocycles. The molecule has 18 heavy (non-hydrogen) atoms. The van der Waals surface area contributed by atoms with Crippen molar-refractivity contribution in [3.8, 4) is 6.07 Å². The fourth-order valence-corrected chi connectivity index (χ4v) is 2.16. The van der Waals surface area contributed by atoms with E-state index in [9.17, 15) is 0 Å². The van der Waals surface area contributed by atoms with Gasteiger partial charge in [0.05, 0.1) is 27.0 Å². The molecule has 2 rings (SSSR count). The third kappa shape index (κ3) is 2.43. The van der Waals surface area contributed by atoms with E-state index < -0.39 is 0 Å². The van der Waals surface area contributed by atoms with Crippen molar-refractivity contribution in [2.45, 2.75) is 6.92 Å². The lowest BCUT2D eigenvalue weighted by Crippen LogP contribution is -1.97. The van der Waals surface area contributed by atoms with E-state index in [1.165, 1.54) is 0 Å². The molecule has 2 nitrogen and oxygen atoms in total. The summed E-state index contributed by atoms with van der Waals surface area (Å²) in [5, 5.41) is 13.3. The highest BCUT2D eigenvalue weighted by Crippen LogP contribution is 2.34. The Hall–Kier alpha value is -1.69. The number of benzene rings is 2. The molecule has 0 saturated heterocycles. The molecule has 0 fully saturated rings. The van der Waals surface area contributed by atoms with Crippen LogP contribution in [0, 0.1) is 18.3 Å². The summed E-state index contributed by atoms with van der Waals surface area (Å²) < 4.78 is 0. The number of rotatable bonds is 2. The molecule has 0 spiro atoms. The van der Waals surface area contributed by atoms with Gasteiger partial charge in [-0.2, -0.15) is 5.26 Å². The Kier molecular flexibility index (Phi) is 3.76.